The van der Waals surface area contributed by atoms with Gasteiger partial charge in [0.2, 0.25) is 0 Å². The van der Waals surface area contributed by atoms with Gasteiger partial charge in [-0.2, -0.15) is 0 Å². The number of nitro benzene ring substituents is 1. The maximum absolute atomic E-state index is 12.7. The summed E-state index contributed by atoms with van der Waals surface area (Å²) in [6.07, 6.45) is 4.86. The number of nitrogens with one attached hydrogen (secondary N) is 1. The Bertz CT molecular complexity index is 919. The summed E-state index contributed by atoms with van der Waals surface area (Å²) >= 11 is 1.41. The molecule has 27 heavy (non-hydrogen) atoms. The van der Waals surface area contributed by atoms with Crippen molar-refractivity contribution in [1.82, 2.24) is 0 Å². The van der Waals surface area contributed by atoms with E-state index < -0.39 is 16.8 Å². The molecule has 0 spiro atoms. The smallest absolute Gasteiger partial charge is 0.341 e. The fourth-order valence-electron chi connectivity index (χ4n) is 3.33. The van der Waals surface area contributed by atoms with Crippen molar-refractivity contribution in [1.29, 1.82) is 0 Å². The zero-order valence-corrected chi connectivity index (χ0v) is 16.0. The third-order valence-corrected chi connectivity index (χ3v) is 5.90. The van der Waals surface area contributed by atoms with Crippen molar-refractivity contribution in [2.45, 2.75) is 39.0 Å². The Hall–Kier alpha value is -2.74. The van der Waals surface area contributed by atoms with E-state index in [9.17, 15) is 19.7 Å². The lowest BCUT2D eigenvalue weighted by atomic mass is 10.1. The zero-order valence-electron chi connectivity index (χ0n) is 15.2. The van der Waals surface area contributed by atoms with Crippen LogP contribution in [0.1, 0.15) is 56.0 Å². The Morgan fingerprint density at radius 2 is 1.96 bits per heavy atom. The second-order valence-corrected chi connectivity index (χ2v) is 7.58. The van der Waals surface area contributed by atoms with Gasteiger partial charge in [-0.05, 0) is 50.3 Å². The lowest BCUT2D eigenvalue weighted by molar-refractivity contribution is -0.385. The lowest BCUT2D eigenvalue weighted by Gasteiger charge is -2.08. The fraction of sp³-hybridized carbons (Fsp3) is 0.368. The van der Waals surface area contributed by atoms with Crippen LogP contribution in [-0.2, 0) is 17.6 Å². The van der Waals surface area contributed by atoms with Gasteiger partial charge in [-0.1, -0.05) is 6.42 Å². The molecule has 0 aliphatic heterocycles. The van der Waals surface area contributed by atoms with Gasteiger partial charge in [0, 0.05) is 22.1 Å². The van der Waals surface area contributed by atoms with Crippen molar-refractivity contribution in [2.24, 2.45) is 0 Å². The molecule has 0 radical (unpaired) electrons. The van der Waals surface area contributed by atoms with Gasteiger partial charge >= 0.3 is 5.97 Å². The van der Waals surface area contributed by atoms with Gasteiger partial charge < -0.3 is 10.1 Å². The van der Waals surface area contributed by atoms with E-state index in [1.165, 1.54) is 36.6 Å². The van der Waals surface area contributed by atoms with Crippen molar-refractivity contribution < 1.29 is 19.2 Å². The summed E-state index contributed by atoms with van der Waals surface area (Å²) in [6, 6.07) is 4.20. The number of ether oxygens (including phenoxy) is 1. The van der Waals surface area contributed by atoms with Crippen LogP contribution in [0.2, 0.25) is 0 Å². The molecule has 1 aromatic heterocycles. The van der Waals surface area contributed by atoms with Crippen LogP contribution in [0.5, 0.6) is 0 Å². The predicted molar refractivity (Wildman–Crippen MR) is 103 cm³/mol. The number of nitrogens with zero attached hydrogens (tertiary/aromatic N) is 1. The second-order valence-electron chi connectivity index (χ2n) is 6.47. The molecule has 0 unspecified atom stereocenters. The molecule has 0 atom stereocenters. The Kier molecular flexibility index (Phi) is 5.55. The third kappa shape index (κ3) is 3.85. The minimum Gasteiger partial charge on any atom is -0.465 e. The number of methoxy groups -OCH3 is 1. The average Bonchev–Trinajstić information content (AvgIpc) is 2.81. The Labute approximate surface area is 160 Å². The van der Waals surface area contributed by atoms with Crippen LogP contribution in [-0.4, -0.2) is 23.9 Å². The number of carbonyl (C=O) groups excluding carboxylic acids is 2. The first-order chi connectivity index (χ1) is 12.9. The van der Waals surface area contributed by atoms with Crippen LogP contribution >= 0.6 is 11.3 Å². The molecule has 1 aliphatic carbocycles. The molecular formula is C19H20N2O5S. The zero-order chi connectivity index (χ0) is 19.6. The molecule has 142 valence electrons. The predicted octanol–water partition coefficient (Wildman–Crippen LogP) is 4.27. The number of hydrogen-bond donors (Lipinski definition) is 1. The average molecular weight is 388 g/mol. The summed E-state index contributed by atoms with van der Waals surface area (Å²) < 4.78 is 4.93. The summed E-state index contributed by atoms with van der Waals surface area (Å²) in [6.45, 7) is 1.59. The Morgan fingerprint density at radius 3 is 2.63 bits per heavy atom. The first-order valence-corrected chi connectivity index (χ1v) is 9.53. The number of esters is 1. The minimum atomic E-state index is -0.483. The standard InChI is InChI=1S/C19H20N2O5S/c1-11-10-12(8-9-14(11)21(24)25)17(22)20-18-16(19(23)26-2)13-6-4-3-5-7-15(13)27-18/h8-10H,3-7H2,1-2H3,(H,20,22). The topological polar surface area (TPSA) is 98.5 Å². The summed E-state index contributed by atoms with van der Waals surface area (Å²) in [5.41, 5.74) is 2.08. The number of benzene rings is 1. The molecule has 1 amide bonds. The maximum Gasteiger partial charge on any atom is 0.341 e. The van der Waals surface area contributed by atoms with Crippen molar-refractivity contribution in [2.75, 3.05) is 12.4 Å². The van der Waals surface area contributed by atoms with Crippen LogP contribution in [0.25, 0.3) is 0 Å². The largest absolute Gasteiger partial charge is 0.465 e. The molecule has 1 aliphatic rings. The van der Waals surface area contributed by atoms with Gasteiger partial charge in [-0.3, -0.25) is 14.9 Å². The van der Waals surface area contributed by atoms with Crippen molar-refractivity contribution in [3.8, 4) is 0 Å². The Morgan fingerprint density at radius 1 is 1.22 bits per heavy atom. The Balaban J connectivity index is 1.93. The second kappa shape index (κ2) is 7.87. The number of nitro groups is 1. The van der Waals surface area contributed by atoms with Crippen LogP contribution in [0, 0.1) is 17.0 Å². The van der Waals surface area contributed by atoms with Crippen LogP contribution in [0.15, 0.2) is 18.2 Å². The molecule has 1 aromatic carbocycles. The minimum absolute atomic E-state index is 0.0374. The van der Waals surface area contributed by atoms with Crippen molar-refractivity contribution >= 4 is 33.9 Å². The van der Waals surface area contributed by atoms with Gasteiger partial charge in [0.05, 0.1) is 17.6 Å². The van der Waals surface area contributed by atoms with Gasteiger partial charge in [-0.15, -0.1) is 11.3 Å². The third-order valence-electron chi connectivity index (χ3n) is 4.69. The summed E-state index contributed by atoms with van der Waals surface area (Å²) in [4.78, 5) is 36.6. The van der Waals surface area contributed by atoms with E-state index in [0.29, 0.717) is 21.7 Å². The number of anilines is 1. The molecule has 8 heteroatoms. The quantitative estimate of drug-likeness (QED) is 0.365. The van der Waals surface area contributed by atoms with E-state index in [4.69, 9.17) is 4.74 Å². The summed E-state index contributed by atoms with van der Waals surface area (Å²) in [5.74, 6) is -0.862. The monoisotopic (exact) mass is 388 g/mol. The van der Waals surface area contributed by atoms with Crippen molar-refractivity contribution in [3.05, 3.63) is 55.4 Å². The molecular weight excluding hydrogens is 368 g/mol. The van der Waals surface area contributed by atoms with E-state index in [1.54, 1.807) is 6.92 Å². The number of carbonyl (C=O) groups is 2. The van der Waals surface area contributed by atoms with E-state index in [0.717, 1.165) is 42.5 Å². The molecule has 0 saturated carbocycles. The molecule has 7 nitrogen and oxygen atoms in total. The number of thiophene rings is 1. The van der Waals surface area contributed by atoms with Crippen LogP contribution < -0.4 is 5.32 Å². The SMILES string of the molecule is COC(=O)c1c(NC(=O)c2ccc([N+](=O)[O-])c(C)c2)sc2c1CCCCC2. The molecule has 1 heterocycles. The molecule has 0 bridgehead atoms. The lowest BCUT2D eigenvalue weighted by Crippen LogP contribution is -2.15. The number of rotatable bonds is 4. The first-order valence-electron chi connectivity index (χ1n) is 8.71. The van der Waals surface area contributed by atoms with Crippen LogP contribution in [0.4, 0.5) is 10.7 Å². The van der Waals surface area contributed by atoms with Crippen molar-refractivity contribution in [3.63, 3.8) is 0 Å². The highest BCUT2D eigenvalue weighted by Gasteiger charge is 2.26. The molecule has 0 saturated heterocycles. The van der Waals surface area contributed by atoms with Gasteiger partial charge in [-0.25, -0.2) is 4.79 Å². The van der Waals surface area contributed by atoms with E-state index in [2.05, 4.69) is 5.32 Å². The van der Waals surface area contributed by atoms with E-state index in [-0.39, 0.29) is 5.69 Å². The fourth-order valence-corrected chi connectivity index (χ4v) is 4.60. The van der Waals surface area contributed by atoms with Gasteiger partial charge in [0.1, 0.15) is 5.00 Å². The number of amides is 1. The summed E-state index contributed by atoms with van der Waals surface area (Å²) in [7, 11) is 1.33. The number of aryl methyl sites for hydroxylation is 2. The van der Waals surface area contributed by atoms with Gasteiger partial charge in [0.25, 0.3) is 11.6 Å². The molecule has 3 rings (SSSR count). The first kappa shape index (κ1) is 19.0. The number of hydrogen-bond acceptors (Lipinski definition) is 6. The highest BCUT2D eigenvalue weighted by molar-refractivity contribution is 7.17. The number of fused-ring (bicyclic) bond motifs is 1. The normalized spacial score (nSPS) is 13.4. The van der Waals surface area contributed by atoms with Crippen LogP contribution in [0.3, 0.4) is 0 Å². The van der Waals surface area contributed by atoms with Gasteiger partial charge in [0.15, 0.2) is 0 Å². The van der Waals surface area contributed by atoms with E-state index in [1.807, 2.05) is 0 Å². The highest BCUT2D eigenvalue weighted by atomic mass is 32.1. The molecule has 1 N–H and O–H groups in total. The van der Waals surface area contributed by atoms with E-state index >= 15 is 0 Å². The maximum atomic E-state index is 12.7. The highest BCUT2D eigenvalue weighted by Crippen LogP contribution is 2.38. The summed E-state index contributed by atoms with van der Waals surface area (Å²) in [5, 5.41) is 14.2. The molecule has 0 fully saturated rings. The molecule has 2 aromatic rings.